The second-order valence-corrected chi connectivity index (χ2v) is 6.92. The Kier molecular flexibility index (Phi) is 4.57. The van der Waals surface area contributed by atoms with Crippen LogP contribution in [-0.4, -0.2) is 40.7 Å². The summed E-state index contributed by atoms with van der Waals surface area (Å²) >= 11 is 5.48. The molecule has 5 nitrogen and oxygen atoms in total. The number of hydrogen-bond acceptors (Lipinski definition) is 3. The van der Waals surface area contributed by atoms with E-state index < -0.39 is 5.60 Å². The Morgan fingerprint density at radius 1 is 1.26 bits per heavy atom. The SMILES string of the molecule is Cc1c(C)c2c(c(C)c1O)CCC(C)(C(=S)N=C(N)N(C)C)O2. The Bertz CT molecular complexity index is 698. The van der Waals surface area contributed by atoms with Gasteiger partial charge in [-0.15, -0.1) is 0 Å². The van der Waals surface area contributed by atoms with Crippen LogP contribution in [0.2, 0.25) is 0 Å². The van der Waals surface area contributed by atoms with Gasteiger partial charge in [0.05, 0.1) is 0 Å². The molecule has 1 aromatic carbocycles. The number of nitrogens with two attached hydrogens (primary N) is 1. The largest absolute Gasteiger partial charge is 0.507 e. The van der Waals surface area contributed by atoms with E-state index in [1.54, 1.807) is 4.90 Å². The van der Waals surface area contributed by atoms with Crippen LogP contribution < -0.4 is 10.5 Å². The van der Waals surface area contributed by atoms with E-state index in [-0.39, 0.29) is 0 Å². The zero-order valence-electron chi connectivity index (χ0n) is 14.6. The van der Waals surface area contributed by atoms with E-state index in [1.165, 1.54) is 0 Å². The Morgan fingerprint density at radius 2 is 1.87 bits per heavy atom. The third-order valence-electron chi connectivity index (χ3n) is 4.65. The number of hydrogen-bond donors (Lipinski definition) is 2. The standard InChI is InChI=1S/C17H25N3O2S/c1-9-10(2)14-12(11(3)13(9)21)7-8-17(4,22-14)15(23)19-16(18)20(5)6/h21H,7-8H2,1-6H3,(H2,18,19,23). The minimum absolute atomic E-state index is 0.353. The number of guanidine groups is 1. The second kappa shape index (κ2) is 6.00. The lowest BCUT2D eigenvalue weighted by atomic mass is 9.87. The van der Waals surface area contributed by atoms with Crippen LogP contribution >= 0.6 is 12.2 Å². The third kappa shape index (κ3) is 3.00. The summed E-state index contributed by atoms with van der Waals surface area (Å²) in [6.07, 6.45) is 1.48. The summed E-state index contributed by atoms with van der Waals surface area (Å²) in [4.78, 5) is 6.47. The van der Waals surface area contributed by atoms with E-state index in [4.69, 9.17) is 22.7 Å². The zero-order chi connectivity index (χ0) is 17.5. The summed E-state index contributed by atoms with van der Waals surface area (Å²) in [6.45, 7) is 7.72. The number of phenols is 1. The molecule has 3 N–H and O–H groups in total. The number of nitrogens with zero attached hydrogens (tertiary/aromatic N) is 2. The number of rotatable bonds is 1. The molecule has 0 bridgehead atoms. The average Bonchev–Trinajstić information content (AvgIpc) is 2.50. The Labute approximate surface area is 143 Å². The fraction of sp³-hybridized carbons (Fsp3) is 0.529. The highest BCUT2D eigenvalue weighted by Crippen LogP contribution is 2.43. The molecule has 1 aliphatic heterocycles. The summed E-state index contributed by atoms with van der Waals surface area (Å²) < 4.78 is 6.28. The van der Waals surface area contributed by atoms with Crippen LogP contribution in [0.25, 0.3) is 0 Å². The Hall–Kier alpha value is -1.82. The highest BCUT2D eigenvalue weighted by molar-refractivity contribution is 7.80. The fourth-order valence-electron chi connectivity index (χ4n) is 2.72. The molecule has 0 aliphatic carbocycles. The summed E-state index contributed by atoms with van der Waals surface area (Å²) in [7, 11) is 3.64. The molecule has 1 atom stereocenters. The predicted octanol–water partition coefficient (Wildman–Crippen LogP) is 2.60. The maximum Gasteiger partial charge on any atom is 0.196 e. The van der Waals surface area contributed by atoms with Gasteiger partial charge in [-0.1, -0.05) is 12.2 Å². The number of benzene rings is 1. The van der Waals surface area contributed by atoms with Crippen molar-refractivity contribution < 1.29 is 9.84 Å². The molecule has 1 aliphatic rings. The first-order valence-corrected chi connectivity index (χ1v) is 8.06. The number of aromatic hydroxyl groups is 1. The lowest BCUT2D eigenvalue weighted by molar-refractivity contribution is 0.133. The monoisotopic (exact) mass is 335 g/mol. The molecule has 23 heavy (non-hydrogen) atoms. The van der Waals surface area contributed by atoms with Gasteiger partial charge >= 0.3 is 0 Å². The minimum Gasteiger partial charge on any atom is -0.507 e. The number of thiocarbonyl (C=S) groups is 1. The minimum atomic E-state index is -0.677. The summed E-state index contributed by atoms with van der Waals surface area (Å²) in [5.74, 6) is 1.53. The van der Waals surface area contributed by atoms with Crippen LogP contribution in [0.1, 0.15) is 35.6 Å². The molecular weight excluding hydrogens is 310 g/mol. The molecule has 126 valence electrons. The van der Waals surface area contributed by atoms with E-state index in [1.807, 2.05) is 41.8 Å². The lowest BCUT2D eigenvalue weighted by Gasteiger charge is -2.37. The number of ether oxygens (including phenoxy) is 1. The molecule has 0 amide bonds. The molecule has 6 heteroatoms. The van der Waals surface area contributed by atoms with Gasteiger partial charge in [0.15, 0.2) is 16.5 Å². The summed E-state index contributed by atoms with van der Waals surface area (Å²) in [5.41, 5.74) is 8.92. The maximum atomic E-state index is 10.2. The van der Waals surface area contributed by atoms with Gasteiger partial charge in [0.1, 0.15) is 11.5 Å². The van der Waals surface area contributed by atoms with Gasteiger partial charge in [-0.3, -0.25) is 0 Å². The highest BCUT2D eigenvalue weighted by atomic mass is 32.1. The van der Waals surface area contributed by atoms with Gasteiger partial charge < -0.3 is 20.5 Å². The van der Waals surface area contributed by atoms with E-state index in [0.29, 0.717) is 23.1 Å². The number of aliphatic imine (C=N–C) groups is 1. The Balaban J connectivity index is 2.44. The van der Waals surface area contributed by atoms with E-state index in [2.05, 4.69) is 4.99 Å². The number of fused-ring (bicyclic) bond motifs is 1. The average molecular weight is 335 g/mol. The third-order valence-corrected chi connectivity index (χ3v) is 5.17. The topological polar surface area (TPSA) is 71.1 Å². The molecule has 0 fully saturated rings. The van der Waals surface area contributed by atoms with E-state index in [9.17, 15) is 5.11 Å². The molecule has 0 saturated heterocycles. The van der Waals surface area contributed by atoms with Crippen LogP contribution in [0.4, 0.5) is 0 Å². The predicted molar refractivity (Wildman–Crippen MR) is 97.6 cm³/mol. The first kappa shape index (κ1) is 17.5. The first-order chi connectivity index (χ1) is 10.6. The van der Waals surface area contributed by atoms with Crippen molar-refractivity contribution in [3.05, 3.63) is 22.3 Å². The molecule has 0 spiro atoms. The van der Waals surface area contributed by atoms with Gasteiger partial charge in [0.25, 0.3) is 0 Å². The van der Waals surface area contributed by atoms with Gasteiger partial charge in [0, 0.05) is 19.7 Å². The quantitative estimate of drug-likeness (QED) is 0.469. The van der Waals surface area contributed by atoms with Crippen molar-refractivity contribution in [2.45, 2.75) is 46.1 Å². The van der Waals surface area contributed by atoms with Crippen molar-refractivity contribution in [3.8, 4) is 11.5 Å². The zero-order valence-corrected chi connectivity index (χ0v) is 15.5. The van der Waals surface area contributed by atoms with Crippen molar-refractivity contribution >= 4 is 23.2 Å². The van der Waals surface area contributed by atoms with Crippen molar-refractivity contribution in [3.63, 3.8) is 0 Å². The lowest BCUT2D eigenvalue weighted by Crippen LogP contribution is -2.44. The molecule has 0 saturated carbocycles. The molecule has 1 unspecified atom stereocenters. The Morgan fingerprint density at radius 3 is 2.43 bits per heavy atom. The van der Waals surface area contributed by atoms with E-state index >= 15 is 0 Å². The maximum absolute atomic E-state index is 10.2. The van der Waals surface area contributed by atoms with Gasteiger partial charge in [0.2, 0.25) is 0 Å². The van der Waals surface area contributed by atoms with Crippen molar-refractivity contribution in [2.24, 2.45) is 10.7 Å². The smallest absolute Gasteiger partial charge is 0.196 e. The second-order valence-electron chi connectivity index (χ2n) is 6.53. The molecule has 0 aromatic heterocycles. The summed E-state index contributed by atoms with van der Waals surface area (Å²) in [6, 6.07) is 0. The van der Waals surface area contributed by atoms with Gasteiger partial charge in [-0.2, -0.15) is 0 Å². The van der Waals surface area contributed by atoms with Gasteiger partial charge in [-0.05, 0) is 57.2 Å². The van der Waals surface area contributed by atoms with Crippen LogP contribution in [0, 0.1) is 20.8 Å². The van der Waals surface area contributed by atoms with E-state index in [0.717, 1.165) is 34.4 Å². The first-order valence-electron chi connectivity index (χ1n) is 7.65. The summed E-state index contributed by atoms with van der Waals surface area (Å²) in [5, 5.41) is 10.2. The molecule has 1 aromatic rings. The van der Waals surface area contributed by atoms with Crippen LogP contribution in [0.5, 0.6) is 11.5 Å². The van der Waals surface area contributed by atoms with Crippen LogP contribution in [-0.2, 0) is 6.42 Å². The number of phenolic OH excluding ortho intramolecular Hbond substituents is 1. The van der Waals surface area contributed by atoms with Crippen LogP contribution in [0.15, 0.2) is 4.99 Å². The normalized spacial score (nSPS) is 20.7. The molecule has 2 rings (SSSR count). The molecular formula is C17H25N3O2S. The highest BCUT2D eigenvalue weighted by Gasteiger charge is 2.38. The fourth-order valence-corrected chi connectivity index (χ4v) is 2.96. The molecule has 1 heterocycles. The van der Waals surface area contributed by atoms with Crippen molar-refractivity contribution in [1.82, 2.24) is 4.90 Å². The van der Waals surface area contributed by atoms with Gasteiger partial charge in [-0.25, -0.2) is 4.99 Å². The molecule has 0 radical (unpaired) electrons. The van der Waals surface area contributed by atoms with Crippen molar-refractivity contribution in [1.29, 1.82) is 0 Å². The van der Waals surface area contributed by atoms with Crippen molar-refractivity contribution in [2.75, 3.05) is 14.1 Å². The van der Waals surface area contributed by atoms with Crippen LogP contribution in [0.3, 0.4) is 0 Å².